The Balaban J connectivity index is 1.70. The maximum Gasteiger partial charge on any atom is 0.338 e. The van der Waals surface area contributed by atoms with Gasteiger partial charge in [0, 0.05) is 6.92 Å². The van der Waals surface area contributed by atoms with Gasteiger partial charge in [-0.05, 0) is 12.1 Å². The molecule has 1 N–H and O–H groups in total. The average Bonchev–Trinajstić information content (AvgIpc) is 3.24. The Morgan fingerprint density at radius 1 is 1.27 bits per heavy atom. The average molecular weight is 304 g/mol. The van der Waals surface area contributed by atoms with Crippen molar-refractivity contribution in [1.29, 1.82) is 0 Å². The second kappa shape index (κ2) is 5.55. The van der Waals surface area contributed by atoms with Gasteiger partial charge in [-0.2, -0.15) is 0 Å². The van der Waals surface area contributed by atoms with Crippen LogP contribution in [0.15, 0.2) is 42.5 Å². The molecule has 6 nitrogen and oxygen atoms in total. The zero-order valence-corrected chi connectivity index (χ0v) is 12.0. The van der Waals surface area contributed by atoms with Crippen LogP contribution in [0.25, 0.3) is 0 Å². The van der Waals surface area contributed by atoms with Gasteiger partial charge in [-0.15, -0.1) is 0 Å². The highest BCUT2D eigenvalue weighted by Gasteiger charge is 2.66. The molecule has 0 bridgehead atoms. The van der Waals surface area contributed by atoms with Gasteiger partial charge in [-0.3, -0.25) is 4.79 Å². The van der Waals surface area contributed by atoms with Crippen LogP contribution in [0.1, 0.15) is 17.3 Å². The number of benzene rings is 1. The number of epoxide rings is 1. The normalized spacial score (nSPS) is 32.0. The molecule has 0 radical (unpaired) electrons. The van der Waals surface area contributed by atoms with E-state index in [9.17, 15) is 14.7 Å². The summed E-state index contributed by atoms with van der Waals surface area (Å²) in [6, 6.07) is 8.56. The standard InChI is InChI=1S/C16H16O6/c1-10(17)21-14-12(18)7-8-13-16(14,22-13)9-20-15(19)11-5-3-2-4-6-11/h2-8,12-14,18H,9H2,1H3/t12-,13+,14+,16+/m1/s1. The fraction of sp³-hybridized carbons (Fsp3) is 0.375. The number of aliphatic hydroxyl groups is 1. The van der Waals surface area contributed by atoms with Crippen molar-refractivity contribution in [3.8, 4) is 0 Å². The van der Waals surface area contributed by atoms with E-state index in [1.165, 1.54) is 13.0 Å². The fourth-order valence-electron chi connectivity index (χ4n) is 2.62. The summed E-state index contributed by atoms with van der Waals surface area (Å²) in [7, 11) is 0. The number of hydrogen-bond acceptors (Lipinski definition) is 6. The predicted molar refractivity (Wildman–Crippen MR) is 75.0 cm³/mol. The lowest BCUT2D eigenvalue weighted by Gasteiger charge is -2.28. The smallest absolute Gasteiger partial charge is 0.338 e. The number of fused-ring (bicyclic) bond motifs is 1. The van der Waals surface area contributed by atoms with Gasteiger partial charge in [0.2, 0.25) is 0 Å². The van der Waals surface area contributed by atoms with Crippen molar-refractivity contribution in [2.24, 2.45) is 0 Å². The van der Waals surface area contributed by atoms with Crippen LogP contribution < -0.4 is 0 Å². The first-order valence-electron chi connectivity index (χ1n) is 6.96. The Bertz CT molecular complexity index is 610. The Morgan fingerprint density at radius 3 is 2.68 bits per heavy atom. The molecule has 22 heavy (non-hydrogen) atoms. The Kier molecular flexibility index (Phi) is 3.72. The molecule has 0 unspecified atom stereocenters. The second-order valence-electron chi connectivity index (χ2n) is 5.34. The zero-order chi connectivity index (χ0) is 15.7. The number of carbonyl (C=O) groups is 2. The van der Waals surface area contributed by atoms with Gasteiger partial charge in [0.05, 0.1) is 5.56 Å². The summed E-state index contributed by atoms with van der Waals surface area (Å²) in [6.07, 6.45) is 0.995. The third-order valence-corrected chi connectivity index (χ3v) is 3.78. The molecule has 4 atom stereocenters. The summed E-state index contributed by atoms with van der Waals surface area (Å²) in [5, 5.41) is 9.98. The van der Waals surface area contributed by atoms with Crippen LogP contribution in [0.5, 0.6) is 0 Å². The largest absolute Gasteiger partial charge is 0.459 e. The first-order chi connectivity index (χ1) is 10.5. The monoisotopic (exact) mass is 304 g/mol. The highest BCUT2D eigenvalue weighted by Crippen LogP contribution is 2.46. The van der Waals surface area contributed by atoms with Crippen molar-refractivity contribution in [3.63, 3.8) is 0 Å². The fourth-order valence-corrected chi connectivity index (χ4v) is 2.62. The van der Waals surface area contributed by atoms with E-state index >= 15 is 0 Å². The second-order valence-corrected chi connectivity index (χ2v) is 5.34. The van der Waals surface area contributed by atoms with Crippen LogP contribution in [-0.4, -0.2) is 47.6 Å². The lowest BCUT2D eigenvalue weighted by atomic mass is 9.89. The number of carbonyl (C=O) groups excluding carboxylic acids is 2. The summed E-state index contributed by atoms with van der Waals surface area (Å²) in [4.78, 5) is 23.2. The van der Waals surface area contributed by atoms with E-state index in [0.717, 1.165) is 0 Å². The molecule has 1 fully saturated rings. The number of esters is 2. The first-order valence-corrected chi connectivity index (χ1v) is 6.96. The van der Waals surface area contributed by atoms with Gasteiger partial charge < -0.3 is 19.3 Å². The molecule has 0 saturated carbocycles. The molecule has 1 saturated heterocycles. The van der Waals surface area contributed by atoms with Crippen LogP contribution in [-0.2, 0) is 19.0 Å². The van der Waals surface area contributed by atoms with E-state index in [4.69, 9.17) is 14.2 Å². The molecule has 0 amide bonds. The van der Waals surface area contributed by atoms with Crippen molar-refractivity contribution in [3.05, 3.63) is 48.0 Å². The first kappa shape index (κ1) is 14.7. The third kappa shape index (κ3) is 2.63. The van der Waals surface area contributed by atoms with Gasteiger partial charge in [0.1, 0.15) is 18.8 Å². The molecule has 1 heterocycles. The minimum atomic E-state index is -0.996. The maximum absolute atomic E-state index is 12.0. The molecule has 0 spiro atoms. The van der Waals surface area contributed by atoms with Crippen LogP contribution in [0.3, 0.4) is 0 Å². The SMILES string of the molecule is CC(=O)O[C@H]1[C@H](O)C=C[C@@H]2O[C@@]21COC(=O)c1ccccc1. The van der Waals surface area contributed by atoms with E-state index in [0.29, 0.717) is 5.56 Å². The molecule has 1 aromatic carbocycles. The molecule has 1 aliphatic heterocycles. The zero-order valence-electron chi connectivity index (χ0n) is 12.0. The van der Waals surface area contributed by atoms with Gasteiger partial charge in [0.25, 0.3) is 0 Å². The molecular weight excluding hydrogens is 288 g/mol. The molecule has 6 heteroatoms. The Labute approximate surface area is 127 Å². The topological polar surface area (TPSA) is 85.4 Å². The molecular formula is C16H16O6. The van der Waals surface area contributed by atoms with Gasteiger partial charge in [0.15, 0.2) is 11.7 Å². The minimum absolute atomic E-state index is 0.0925. The van der Waals surface area contributed by atoms with Crippen molar-refractivity contribution < 1.29 is 28.9 Å². The van der Waals surface area contributed by atoms with Crippen molar-refractivity contribution in [2.45, 2.75) is 30.8 Å². The van der Waals surface area contributed by atoms with Crippen molar-refractivity contribution in [1.82, 2.24) is 0 Å². The summed E-state index contributed by atoms with van der Waals surface area (Å²) < 4.78 is 15.9. The van der Waals surface area contributed by atoms with E-state index in [1.807, 2.05) is 0 Å². The molecule has 2 aliphatic rings. The van der Waals surface area contributed by atoms with Crippen LogP contribution in [0.2, 0.25) is 0 Å². The quantitative estimate of drug-likeness (QED) is 0.504. The third-order valence-electron chi connectivity index (χ3n) is 3.78. The highest BCUT2D eigenvalue weighted by atomic mass is 16.7. The van der Waals surface area contributed by atoms with Crippen molar-refractivity contribution >= 4 is 11.9 Å². The maximum atomic E-state index is 12.0. The van der Waals surface area contributed by atoms with E-state index < -0.39 is 29.7 Å². The number of ether oxygens (including phenoxy) is 3. The summed E-state index contributed by atoms with van der Waals surface area (Å²) in [5.74, 6) is -1.02. The Hall–Kier alpha value is -2.18. The van der Waals surface area contributed by atoms with Crippen LogP contribution in [0.4, 0.5) is 0 Å². The lowest BCUT2D eigenvalue weighted by molar-refractivity contribution is -0.157. The molecule has 1 aromatic rings. The van der Waals surface area contributed by atoms with Crippen molar-refractivity contribution in [2.75, 3.05) is 6.61 Å². The van der Waals surface area contributed by atoms with E-state index in [2.05, 4.69) is 0 Å². The summed E-state index contributed by atoms with van der Waals surface area (Å²) in [5.41, 5.74) is -0.573. The van der Waals surface area contributed by atoms with E-state index in [-0.39, 0.29) is 12.7 Å². The molecule has 0 aromatic heterocycles. The predicted octanol–water partition coefficient (Wildman–Crippen LogP) is 0.843. The van der Waals surface area contributed by atoms with Gasteiger partial charge in [-0.25, -0.2) is 4.79 Å². The molecule has 116 valence electrons. The number of rotatable bonds is 4. The number of aliphatic hydroxyl groups excluding tert-OH is 1. The van der Waals surface area contributed by atoms with Gasteiger partial charge in [-0.1, -0.05) is 30.4 Å². The lowest BCUT2D eigenvalue weighted by Crippen LogP contribution is -2.48. The number of hydrogen-bond donors (Lipinski definition) is 1. The summed E-state index contributed by atoms with van der Waals surface area (Å²) in [6.45, 7) is 1.16. The molecule has 3 rings (SSSR count). The van der Waals surface area contributed by atoms with Gasteiger partial charge >= 0.3 is 11.9 Å². The summed E-state index contributed by atoms with van der Waals surface area (Å²) >= 11 is 0. The molecule has 1 aliphatic carbocycles. The van der Waals surface area contributed by atoms with Crippen LogP contribution in [0, 0.1) is 0 Å². The minimum Gasteiger partial charge on any atom is -0.459 e. The Morgan fingerprint density at radius 2 is 2.00 bits per heavy atom. The van der Waals surface area contributed by atoms with Crippen LogP contribution >= 0.6 is 0 Å². The van der Waals surface area contributed by atoms with E-state index in [1.54, 1.807) is 36.4 Å². The highest BCUT2D eigenvalue weighted by molar-refractivity contribution is 5.89.